The molecule has 0 fully saturated rings. The molecule has 0 aromatic heterocycles. The van der Waals surface area contributed by atoms with Gasteiger partial charge in [0.1, 0.15) is 0 Å². The Morgan fingerprint density at radius 3 is 2.50 bits per heavy atom. The van der Waals surface area contributed by atoms with E-state index in [1.54, 1.807) is 13.0 Å². The predicted molar refractivity (Wildman–Crippen MR) is 65.1 cm³/mol. The third-order valence-corrected chi connectivity index (χ3v) is 2.77. The molecule has 94 valence electrons. The molecule has 0 saturated carbocycles. The summed E-state index contributed by atoms with van der Waals surface area (Å²) < 4.78 is 0. The molecule has 1 aliphatic rings. The number of nitrogens with two attached hydrogens (primary N) is 1. The van der Waals surface area contributed by atoms with E-state index >= 15 is 0 Å². The molecule has 0 spiro atoms. The van der Waals surface area contributed by atoms with Crippen LogP contribution in [0.4, 0.5) is 5.69 Å². The average Bonchev–Trinajstić information content (AvgIpc) is 2.54. The van der Waals surface area contributed by atoms with Gasteiger partial charge in [-0.15, -0.1) is 0 Å². The number of anilines is 1. The molecule has 0 aliphatic carbocycles. The van der Waals surface area contributed by atoms with Crippen LogP contribution in [0.3, 0.4) is 0 Å². The SMILES string of the molecule is C[C@H](N)C(=O)Nc1ccc2c(c1)C(=O)N(C)C2=O. The molecule has 1 aromatic rings. The van der Waals surface area contributed by atoms with Gasteiger partial charge < -0.3 is 11.1 Å². The molecule has 3 amide bonds. The summed E-state index contributed by atoms with van der Waals surface area (Å²) in [4.78, 5) is 35.9. The number of nitrogens with zero attached hydrogens (tertiary/aromatic N) is 1. The largest absolute Gasteiger partial charge is 0.325 e. The lowest BCUT2D eigenvalue weighted by Crippen LogP contribution is -2.32. The van der Waals surface area contributed by atoms with Crippen molar-refractivity contribution in [2.24, 2.45) is 5.73 Å². The van der Waals surface area contributed by atoms with E-state index in [-0.39, 0.29) is 17.7 Å². The number of imide groups is 1. The van der Waals surface area contributed by atoms with E-state index in [1.165, 1.54) is 19.2 Å². The quantitative estimate of drug-likeness (QED) is 0.730. The fourth-order valence-electron chi connectivity index (χ4n) is 1.70. The minimum Gasteiger partial charge on any atom is -0.325 e. The number of fused-ring (bicyclic) bond motifs is 1. The number of carbonyl (C=O) groups excluding carboxylic acids is 3. The van der Waals surface area contributed by atoms with Crippen LogP contribution in [0.15, 0.2) is 18.2 Å². The average molecular weight is 247 g/mol. The summed E-state index contributed by atoms with van der Waals surface area (Å²) in [6, 6.07) is 3.94. The molecule has 6 nitrogen and oxygen atoms in total. The highest BCUT2D eigenvalue weighted by atomic mass is 16.2. The Balaban J connectivity index is 2.32. The third kappa shape index (κ3) is 1.86. The van der Waals surface area contributed by atoms with Crippen LogP contribution >= 0.6 is 0 Å². The van der Waals surface area contributed by atoms with Crippen molar-refractivity contribution in [3.05, 3.63) is 29.3 Å². The molecule has 3 N–H and O–H groups in total. The van der Waals surface area contributed by atoms with Gasteiger partial charge in [0.2, 0.25) is 5.91 Å². The van der Waals surface area contributed by atoms with E-state index in [1.807, 2.05) is 0 Å². The highest BCUT2D eigenvalue weighted by Gasteiger charge is 2.32. The Hall–Kier alpha value is -2.21. The smallest absolute Gasteiger partial charge is 0.261 e. The van der Waals surface area contributed by atoms with Gasteiger partial charge in [-0.05, 0) is 25.1 Å². The van der Waals surface area contributed by atoms with E-state index < -0.39 is 6.04 Å². The number of benzene rings is 1. The van der Waals surface area contributed by atoms with Crippen molar-refractivity contribution >= 4 is 23.4 Å². The van der Waals surface area contributed by atoms with Crippen molar-refractivity contribution in [1.29, 1.82) is 0 Å². The second-order valence-electron chi connectivity index (χ2n) is 4.21. The Morgan fingerprint density at radius 1 is 1.28 bits per heavy atom. The van der Waals surface area contributed by atoms with Crippen LogP contribution in [-0.2, 0) is 4.79 Å². The normalized spacial score (nSPS) is 15.6. The van der Waals surface area contributed by atoms with E-state index in [0.717, 1.165) is 4.90 Å². The molecule has 0 unspecified atom stereocenters. The topological polar surface area (TPSA) is 92.5 Å². The molecule has 18 heavy (non-hydrogen) atoms. The molecule has 0 radical (unpaired) electrons. The number of carbonyl (C=O) groups is 3. The molecular weight excluding hydrogens is 234 g/mol. The zero-order valence-corrected chi connectivity index (χ0v) is 10.1. The van der Waals surface area contributed by atoms with E-state index in [2.05, 4.69) is 5.32 Å². The van der Waals surface area contributed by atoms with Gasteiger partial charge in [0, 0.05) is 12.7 Å². The summed E-state index contributed by atoms with van der Waals surface area (Å²) in [5.41, 5.74) is 6.52. The van der Waals surface area contributed by atoms with Crippen molar-refractivity contribution < 1.29 is 14.4 Å². The van der Waals surface area contributed by atoms with Gasteiger partial charge in [-0.1, -0.05) is 0 Å². The molecule has 0 saturated heterocycles. The lowest BCUT2D eigenvalue weighted by molar-refractivity contribution is -0.117. The van der Waals surface area contributed by atoms with Crippen LogP contribution < -0.4 is 11.1 Å². The maximum Gasteiger partial charge on any atom is 0.261 e. The van der Waals surface area contributed by atoms with Crippen LogP contribution in [0.1, 0.15) is 27.6 Å². The van der Waals surface area contributed by atoms with Gasteiger partial charge in [0.25, 0.3) is 11.8 Å². The van der Waals surface area contributed by atoms with E-state index in [9.17, 15) is 14.4 Å². The zero-order valence-electron chi connectivity index (χ0n) is 10.1. The van der Waals surface area contributed by atoms with Crippen molar-refractivity contribution in [3.63, 3.8) is 0 Å². The summed E-state index contributed by atoms with van der Waals surface area (Å²) in [5, 5.41) is 2.58. The number of hydrogen-bond donors (Lipinski definition) is 2. The first-order valence-corrected chi connectivity index (χ1v) is 5.44. The first-order valence-electron chi connectivity index (χ1n) is 5.44. The van der Waals surface area contributed by atoms with Gasteiger partial charge in [0.15, 0.2) is 0 Å². The molecular formula is C12H13N3O3. The molecule has 1 atom stereocenters. The maximum atomic E-state index is 11.7. The second-order valence-corrected chi connectivity index (χ2v) is 4.21. The first kappa shape index (κ1) is 12.3. The summed E-state index contributed by atoms with van der Waals surface area (Å²) in [5.74, 6) is -1.05. The van der Waals surface area contributed by atoms with Crippen molar-refractivity contribution in [1.82, 2.24) is 4.90 Å². The first-order chi connectivity index (χ1) is 8.41. The second kappa shape index (κ2) is 4.23. The van der Waals surface area contributed by atoms with E-state index in [4.69, 9.17) is 5.73 Å². The fourth-order valence-corrected chi connectivity index (χ4v) is 1.70. The summed E-state index contributed by atoms with van der Waals surface area (Å²) in [6.45, 7) is 1.56. The number of rotatable bonds is 2. The molecule has 6 heteroatoms. The number of nitrogens with one attached hydrogen (secondary N) is 1. The molecule has 1 aliphatic heterocycles. The Kier molecular flexibility index (Phi) is 2.88. The molecule has 2 rings (SSSR count). The summed E-state index contributed by atoms with van der Waals surface area (Å²) in [6.07, 6.45) is 0. The lowest BCUT2D eigenvalue weighted by Gasteiger charge is -2.08. The minimum absolute atomic E-state index is 0.296. The monoisotopic (exact) mass is 247 g/mol. The highest BCUT2D eigenvalue weighted by Crippen LogP contribution is 2.24. The van der Waals surface area contributed by atoms with Gasteiger partial charge in [-0.25, -0.2) is 0 Å². The Bertz CT molecular complexity index is 551. The standard InChI is InChI=1S/C12H13N3O3/c1-6(13)10(16)14-7-3-4-8-9(5-7)12(18)15(2)11(8)17/h3-6H,13H2,1-2H3,(H,14,16)/t6-/m0/s1. The van der Waals surface area contributed by atoms with Crippen LogP contribution in [0.5, 0.6) is 0 Å². The zero-order chi connectivity index (χ0) is 13.4. The summed E-state index contributed by atoms with van der Waals surface area (Å²) >= 11 is 0. The van der Waals surface area contributed by atoms with Crippen LogP contribution in [0.2, 0.25) is 0 Å². The van der Waals surface area contributed by atoms with Crippen LogP contribution in [0, 0.1) is 0 Å². The Morgan fingerprint density at radius 2 is 1.89 bits per heavy atom. The Labute approximate surface area is 104 Å². The molecule has 0 bridgehead atoms. The summed E-state index contributed by atoms with van der Waals surface area (Å²) in [7, 11) is 1.42. The lowest BCUT2D eigenvalue weighted by atomic mass is 10.1. The fraction of sp³-hybridized carbons (Fsp3) is 0.250. The van der Waals surface area contributed by atoms with Crippen molar-refractivity contribution in [2.45, 2.75) is 13.0 Å². The number of amides is 3. The highest BCUT2D eigenvalue weighted by molar-refractivity contribution is 6.21. The van der Waals surface area contributed by atoms with E-state index in [0.29, 0.717) is 16.8 Å². The van der Waals surface area contributed by atoms with Crippen LogP contribution in [0.25, 0.3) is 0 Å². The molecule has 1 heterocycles. The van der Waals surface area contributed by atoms with Gasteiger partial charge in [-0.2, -0.15) is 0 Å². The van der Waals surface area contributed by atoms with Gasteiger partial charge in [-0.3, -0.25) is 19.3 Å². The van der Waals surface area contributed by atoms with Crippen molar-refractivity contribution in [3.8, 4) is 0 Å². The third-order valence-electron chi connectivity index (χ3n) is 2.77. The van der Waals surface area contributed by atoms with Gasteiger partial charge in [0.05, 0.1) is 17.2 Å². The van der Waals surface area contributed by atoms with Crippen molar-refractivity contribution in [2.75, 3.05) is 12.4 Å². The number of hydrogen-bond acceptors (Lipinski definition) is 4. The molecule has 1 aromatic carbocycles. The predicted octanol–water partition coefficient (Wildman–Crippen LogP) is 0.198. The van der Waals surface area contributed by atoms with Crippen LogP contribution in [-0.4, -0.2) is 35.7 Å². The maximum absolute atomic E-state index is 11.7. The van der Waals surface area contributed by atoms with Gasteiger partial charge >= 0.3 is 0 Å². The minimum atomic E-state index is -0.640.